The van der Waals surface area contributed by atoms with Gasteiger partial charge in [-0.1, -0.05) is 0 Å². The summed E-state index contributed by atoms with van der Waals surface area (Å²) in [6, 6.07) is 0. The number of hydrogen-bond acceptors (Lipinski definition) is 2. The summed E-state index contributed by atoms with van der Waals surface area (Å²) in [6.45, 7) is 0.326. The summed E-state index contributed by atoms with van der Waals surface area (Å²) in [4.78, 5) is 0. The van der Waals surface area contributed by atoms with Crippen LogP contribution >= 0.6 is 0 Å². The van der Waals surface area contributed by atoms with Crippen molar-refractivity contribution >= 4 is 8.41 Å². The van der Waals surface area contributed by atoms with Crippen LogP contribution in [0.2, 0.25) is 0 Å². The molecule has 0 atom stereocenters. The lowest BCUT2D eigenvalue weighted by molar-refractivity contribution is 0.0483. The van der Waals surface area contributed by atoms with Crippen LogP contribution in [-0.2, 0) is 9.47 Å². The van der Waals surface area contributed by atoms with Crippen molar-refractivity contribution in [3.05, 3.63) is 24.7 Å². The molecule has 0 saturated heterocycles. The van der Waals surface area contributed by atoms with Gasteiger partial charge in [0, 0.05) is 8.41 Å². The molecule has 0 unspecified atom stereocenters. The maximum Gasteiger partial charge on any atom is 0.229 e. The second-order valence-corrected chi connectivity index (χ2v) is 1.11. The first-order chi connectivity index (χ1) is 3.50. The van der Waals surface area contributed by atoms with E-state index in [1.807, 2.05) is 0 Å². The van der Waals surface area contributed by atoms with E-state index in [0.29, 0.717) is 6.79 Å². The van der Waals surface area contributed by atoms with Gasteiger partial charge >= 0.3 is 0 Å². The molecule has 3 radical (unpaired) electrons. The van der Waals surface area contributed by atoms with Crippen LogP contribution in [0.1, 0.15) is 0 Å². The Morgan fingerprint density at radius 1 is 1.00 bits per heavy atom. The van der Waals surface area contributed by atoms with Gasteiger partial charge in [-0.25, -0.2) is 0 Å². The van der Waals surface area contributed by atoms with Crippen LogP contribution in [0.3, 0.4) is 0 Å². The van der Waals surface area contributed by atoms with E-state index in [1.54, 1.807) is 24.7 Å². The maximum atomic E-state index is 4.73. The standard InChI is InChI=1S/C5H6O2.B/c1-2-4-7-5-6-3-1;/h1-4H,5H2;. The average Bonchev–Trinajstić information content (AvgIpc) is 1.90. The Balaban J connectivity index is 0.000000490. The van der Waals surface area contributed by atoms with E-state index in [1.165, 1.54) is 0 Å². The van der Waals surface area contributed by atoms with Gasteiger partial charge in [0.15, 0.2) is 0 Å². The second-order valence-electron chi connectivity index (χ2n) is 1.11. The highest BCUT2D eigenvalue weighted by Crippen LogP contribution is 1.88. The molecule has 0 spiro atoms. The predicted octanol–water partition coefficient (Wildman–Crippen LogP) is 0.637. The molecule has 0 bridgehead atoms. The van der Waals surface area contributed by atoms with Crippen molar-refractivity contribution in [1.82, 2.24) is 0 Å². The molecule has 41 valence electrons. The van der Waals surface area contributed by atoms with Crippen molar-refractivity contribution in [2.24, 2.45) is 0 Å². The Labute approximate surface area is 50.4 Å². The lowest BCUT2D eigenvalue weighted by atomic mass is 10.6. The zero-order valence-corrected chi connectivity index (χ0v) is 4.41. The molecular weight excluding hydrogens is 103 g/mol. The Morgan fingerprint density at radius 2 is 1.50 bits per heavy atom. The lowest BCUT2D eigenvalue weighted by Crippen LogP contribution is -1.84. The zero-order valence-electron chi connectivity index (χ0n) is 4.41. The van der Waals surface area contributed by atoms with E-state index in [2.05, 4.69) is 0 Å². The first-order valence-corrected chi connectivity index (χ1v) is 2.05. The highest BCUT2D eigenvalue weighted by Gasteiger charge is 1.78. The SMILES string of the molecule is C1=COCOC=C1.[B]. The van der Waals surface area contributed by atoms with Crippen LogP contribution in [0.25, 0.3) is 0 Å². The Kier molecular flexibility index (Phi) is 3.85. The van der Waals surface area contributed by atoms with Crippen molar-refractivity contribution < 1.29 is 9.47 Å². The molecule has 1 aliphatic heterocycles. The molecule has 3 heteroatoms. The van der Waals surface area contributed by atoms with Gasteiger partial charge in [-0.15, -0.1) is 0 Å². The monoisotopic (exact) mass is 109 g/mol. The molecule has 0 aromatic rings. The summed E-state index contributed by atoms with van der Waals surface area (Å²) >= 11 is 0. The van der Waals surface area contributed by atoms with Crippen LogP contribution in [0.4, 0.5) is 0 Å². The van der Waals surface area contributed by atoms with Crippen LogP contribution in [0.5, 0.6) is 0 Å². The molecule has 2 nitrogen and oxygen atoms in total. The molecule has 0 N–H and O–H groups in total. The maximum absolute atomic E-state index is 4.73. The zero-order chi connectivity index (χ0) is 4.95. The quantitative estimate of drug-likeness (QED) is 0.425. The van der Waals surface area contributed by atoms with Gasteiger partial charge < -0.3 is 9.47 Å². The van der Waals surface area contributed by atoms with Crippen molar-refractivity contribution in [2.45, 2.75) is 0 Å². The highest BCUT2D eigenvalue weighted by molar-refractivity contribution is 5.75. The van der Waals surface area contributed by atoms with E-state index in [4.69, 9.17) is 9.47 Å². The van der Waals surface area contributed by atoms with E-state index in [9.17, 15) is 0 Å². The summed E-state index contributed by atoms with van der Waals surface area (Å²) in [5.74, 6) is 0. The van der Waals surface area contributed by atoms with Crippen LogP contribution in [0.15, 0.2) is 24.7 Å². The minimum atomic E-state index is 0. The number of allylic oxidation sites excluding steroid dienone is 2. The first-order valence-electron chi connectivity index (χ1n) is 2.05. The topological polar surface area (TPSA) is 18.5 Å². The molecule has 0 aliphatic carbocycles. The minimum Gasteiger partial charge on any atom is -0.465 e. The molecule has 0 saturated carbocycles. The van der Waals surface area contributed by atoms with E-state index >= 15 is 0 Å². The van der Waals surface area contributed by atoms with Gasteiger partial charge in [-0.2, -0.15) is 0 Å². The summed E-state index contributed by atoms with van der Waals surface area (Å²) in [6.07, 6.45) is 6.72. The summed E-state index contributed by atoms with van der Waals surface area (Å²) < 4.78 is 9.46. The van der Waals surface area contributed by atoms with Gasteiger partial charge in [0.1, 0.15) is 0 Å². The van der Waals surface area contributed by atoms with Gasteiger partial charge in [0.25, 0.3) is 0 Å². The van der Waals surface area contributed by atoms with Crippen molar-refractivity contribution in [2.75, 3.05) is 6.79 Å². The molecule has 1 heterocycles. The second kappa shape index (κ2) is 4.31. The molecule has 0 aromatic heterocycles. The molecule has 0 aromatic carbocycles. The molecule has 0 amide bonds. The van der Waals surface area contributed by atoms with E-state index < -0.39 is 0 Å². The third kappa shape index (κ3) is 2.34. The minimum absolute atomic E-state index is 0. The highest BCUT2D eigenvalue weighted by atomic mass is 16.7. The van der Waals surface area contributed by atoms with Gasteiger partial charge in [0.2, 0.25) is 6.79 Å². The lowest BCUT2D eigenvalue weighted by Gasteiger charge is -1.93. The molecule has 0 fully saturated rings. The van der Waals surface area contributed by atoms with Crippen molar-refractivity contribution in [1.29, 1.82) is 0 Å². The van der Waals surface area contributed by atoms with Crippen LogP contribution in [0, 0.1) is 0 Å². The fraction of sp³-hybridized carbons (Fsp3) is 0.200. The fourth-order valence-electron chi connectivity index (χ4n) is 0.320. The Morgan fingerprint density at radius 3 is 2.00 bits per heavy atom. The molecule has 1 aliphatic rings. The number of rotatable bonds is 0. The van der Waals surface area contributed by atoms with E-state index in [-0.39, 0.29) is 8.41 Å². The largest absolute Gasteiger partial charge is 0.465 e. The number of ether oxygens (including phenoxy) is 2. The molecule has 8 heavy (non-hydrogen) atoms. The summed E-state index contributed by atoms with van der Waals surface area (Å²) in [5.41, 5.74) is 0. The van der Waals surface area contributed by atoms with E-state index in [0.717, 1.165) is 0 Å². The van der Waals surface area contributed by atoms with Gasteiger partial charge in [0.05, 0.1) is 12.5 Å². The molecular formula is C5H6BO2. The normalized spacial score (nSPS) is 15.0. The average molecular weight is 109 g/mol. The third-order valence-electron chi connectivity index (χ3n) is 0.597. The molecule has 1 rings (SSSR count). The van der Waals surface area contributed by atoms with Crippen LogP contribution in [-0.4, -0.2) is 15.2 Å². The van der Waals surface area contributed by atoms with Crippen LogP contribution < -0.4 is 0 Å². The Bertz CT molecular complexity index is 86.6. The third-order valence-corrected chi connectivity index (χ3v) is 0.597. The van der Waals surface area contributed by atoms with Gasteiger partial charge in [-0.3, -0.25) is 0 Å². The van der Waals surface area contributed by atoms with Crippen molar-refractivity contribution in [3.63, 3.8) is 0 Å². The number of hydrogen-bond donors (Lipinski definition) is 0. The smallest absolute Gasteiger partial charge is 0.229 e. The fourth-order valence-corrected chi connectivity index (χ4v) is 0.320. The Hall–Kier alpha value is -0.855. The summed E-state index contributed by atoms with van der Waals surface area (Å²) in [7, 11) is 0. The summed E-state index contributed by atoms with van der Waals surface area (Å²) in [5, 5.41) is 0. The first kappa shape index (κ1) is 7.14. The predicted molar refractivity (Wildman–Crippen MR) is 31.1 cm³/mol. The van der Waals surface area contributed by atoms with Gasteiger partial charge in [-0.05, 0) is 12.2 Å². The van der Waals surface area contributed by atoms with Crippen molar-refractivity contribution in [3.8, 4) is 0 Å².